The number of carboxylic acid groups (broad SMARTS) is 2. The lowest BCUT2D eigenvalue weighted by molar-refractivity contribution is -0.137. The second-order valence-corrected chi connectivity index (χ2v) is 3.96. The fraction of sp³-hybridized carbons (Fsp3) is 0.333. The van der Waals surface area contributed by atoms with E-state index in [2.05, 4.69) is 0 Å². The molecule has 1 aromatic rings. The van der Waals surface area contributed by atoms with Crippen LogP contribution in [0.25, 0.3) is 0 Å². The van der Waals surface area contributed by atoms with Crippen molar-refractivity contribution in [2.45, 2.75) is 18.9 Å². The summed E-state index contributed by atoms with van der Waals surface area (Å²) in [6.45, 7) is 0. The minimum atomic E-state index is -1.22. The Morgan fingerprint density at radius 3 is 2.47 bits per heavy atom. The number of ether oxygens (including phenoxy) is 1. The van der Waals surface area contributed by atoms with Gasteiger partial charge in [-0.3, -0.25) is 4.79 Å². The third kappa shape index (κ3) is 3.59. The van der Waals surface area contributed by atoms with Crippen LogP contribution >= 0.6 is 0 Å². The molecule has 0 heterocycles. The standard InChI is InChI=1S/C12H15NO6/c1-19-10-5-9(14)6(4-7(10)12(17)18)8(13)2-3-11(15)16/h4-5,8,14H,2-3,13H2,1H3,(H,15,16)(H,17,18). The molecule has 0 amide bonds. The van der Waals surface area contributed by atoms with Crippen LogP contribution in [-0.4, -0.2) is 34.4 Å². The van der Waals surface area contributed by atoms with Crippen molar-refractivity contribution in [1.82, 2.24) is 0 Å². The predicted molar refractivity (Wildman–Crippen MR) is 65.4 cm³/mol. The molecule has 0 spiro atoms. The number of phenols is 1. The van der Waals surface area contributed by atoms with Crippen LogP contribution in [0.1, 0.15) is 34.8 Å². The maximum atomic E-state index is 11.0. The zero-order valence-corrected chi connectivity index (χ0v) is 10.3. The summed E-state index contributed by atoms with van der Waals surface area (Å²) in [5, 5.41) is 27.4. The maximum absolute atomic E-state index is 11.0. The Balaban J connectivity index is 3.10. The Hall–Kier alpha value is -2.28. The third-order valence-electron chi connectivity index (χ3n) is 2.65. The van der Waals surface area contributed by atoms with Crippen molar-refractivity contribution in [2.75, 3.05) is 7.11 Å². The number of aliphatic carboxylic acids is 1. The first-order valence-corrected chi connectivity index (χ1v) is 5.48. The number of aromatic carboxylic acids is 1. The van der Waals surface area contributed by atoms with Crippen LogP contribution < -0.4 is 10.5 Å². The van der Waals surface area contributed by atoms with E-state index < -0.39 is 18.0 Å². The Bertz CT molecular complexity index is 499. The molecule has 0 saturated carbocycles. The number of methoxy groups -OCH3 is 1. The van der Waals surface area contributed by atoms with Crippen LogP contribution in [0.3, 0.4) is 0 Å². The molecule has 1 unspecified atom stereocenters. The molecule has 1 rings (SSSR count). The van der Waals surface area contributed by atoms with Gasteiger partial charge in [-0.2, -0.15) is 0 Å². The van der Waals surface area contributed by atoms with Gasteiger partial charge >= 0.3 is 11.9 Å². The van der Waals surface area contributed by atoms with Crippen LogP contribution in [0, 0.1) is 0 Å². The molecule has 0 radical (unpaired) electrons. The zero-order valence-electron chi connectivity index (χ0n) is 10.3. The summed E-state index contributed by atoms with van der Waals surface area (Å²) in [6, 6.07) is 1.59. The molecule has 0 saturated heterocycles. The van der Waals surface area contributed by atoms with Gasteiger partial charge in [-0.25, -0.2) is 4.79 Å². The van der Waals surface area contributed by atoms with Gasteiger partial charge in [-0.05, 0) is 12.5 Å². The average molecular weight is 269 g/mol. The van der Waals surface area contributed by atoms with E-state index in [4.69, 9.17) is 20.7 Å². The van der Waals surface area contributed by atoms with Crippen LogP contribution in [0.5, 0.6) is 11.5 Å². The Kier molecular flexibility index (Phi) is 4.71. The lowest BCUT2D eigenvalue weighted by atomic mass is 9.99. The number of hydrogen-bond donors (Lipinski definition) is 4. The van der Waals surface area contributed by atoms with E-state index in [0.717, 1.165) is 6.07 Å². The molecule has 19 heavy (non-hydrogen) atoms. The molecule has 0 aliphatic heterocycles. The largest absolute Gasteiger partial charge is 0.507 e. The van der Waals surface area contributed by atoms with E-state index in [1.807, 2.05) is 0 Å². The number of nitrogens with two attached hydrogens (primary N) is 1. The van der Waals surface area contributed by atoms with Crippen molar-refractivity contribution >= 4 is 11.9 Å². The van der Waals surface area contributed by atoms with Crippen molar-refractivity contribution < 1.29 is 29.6 Å². The lowest BCUT2D eigenvalue weighted by Crippen LogP contribution is -2.14. The van der Waals surface area contributed by atoms with Gasteiger partial charge in [0.1, 0.15) is 17.1 Å². The minimum absolute atomic E-state index is 0.0131. The molecule has 104 valence electrons. The van der Waals surface area contributed by atoms with E-state index in [1.54, 1.807) is 0 Å². The van der Waals surface area contributed by atoms with E-state index in [0.29, 0.717) is 0 Å². The monoisotopic (exact) mass is 269 g/mol. The second kappa shape index (κ2) is 6.05. The minimum Gasteiger partial charge on any atom is -0.507 e. The van der Waals surface area contributed by atoms with Crippen LogP contribution in [0.2, 0.25) is 0 Å². The van der Waals surface area contributed by atoms with Crippen molar-refractivity contribution in [3.8, 4) is 11.5 Å². The van der Waals surface area contributed by atoms with Gasteiger partial charge in [0.25, 0.3) is 0 Å². The summed E-state index contributed by atoms with van der Waals surface area (Å²) in [4.78, 5) is 21.5. The summed E-state index contributed by atoms with van der Waals surface area (Å²) < 4.78 is 4.84. The van der Waals surface area contributed by atoms with Gasteiger partial charge in [0.15, 0.2) is 0 Å². The van der Waals surface area contributed by atoms with Gasteiger partial charge < -0.3 is 25.8 Å². The highest BCUT2D eigenvalue weighted by atomic mass is 16.5. The van der Waals surface area contributed by atoms with E-state index in [9.17, 15) is 14.7 Å². The van der Waals surface area contributed by atoms with E-state index >= 15 is 0 Å². The fourth-order valence-electron chi connectivity index (χ4n) is 1.65. The molecule has 0 bridgehead atoms. The highest BCUT2D eigenvalue weighted by Gasteiger charge is 2.19. The molecule has 0 aromatic heterocycles. The normalized spacial score (nSPS) is 11.9. The van der Waals surface area contributed by atoms with Crippen LogP contribution in [0.15, 0.2) is 12.1 Å². The maximum Gasteiger partial charge on any atom is 0.339 e. The summed E-state index contributed by atoms with van der Waals surface area (Å²) in [6.07, 6.45) is -0.0800. The highest BCUT2D eigenvalue weighted by Crippen LogP contribution is 2.32. The molecular formula is C12H15NO6. The Labute approximate surface area is 109 Å². The van der Waals surface area contributed by atoms with Crippen molar-refractivity contribution in [3.63, 3.8) is 0 Å². The molecule has 1 aromatic carbocycles. The lowest BCUT2D eigenvalue weighted by Gasteiger charge is -2.15. The van der Waals surface area contributed by atoms with Crippen LogP contribution in [0.4, 0.5) is 0 Å². The molecule has 7 heteroatoms. The molecule has 5 N–H and O–H groups in total. The van der Waals surface area contributed by atoms with Gasteiger partial charge in [0.2, 0.25) is 0 Å². The summed E-state index contributed by atoms with van der Waals surface area (Å²) in [5.41, 5.74) is 5.79. The molecule has 0 fully saturated rings. The zero-order chi connectivity index (χ0) is 14.6. The first-order chi connectivity index (χ1) is 8.86. The molecule has 0 aliphatic carbocycles. The van der Waals surface area contributed by atoms with Crippen molar-refractivity contribution in [3.05, 3.63) is 23.3 Å². The number of benzene rings is 1. The number of carbonyl (C=O) groups is 2. The fourth-order valence-corrected chi connectivity index (χ4v) is 1.65. The quantitative estimate of drug-likeness (QED) is 0.605. The Morgan fingerprint density at radius 2 is 2.00 bits per heavy atom. The van der Waals surface area contributed by atoms with Gasteiger partial charge in [-0.15, -0.1) is 0 Å². The van der Waals surface area contributed by atoms with E-state index in [1.165, 1.54) is 13.2 Å². The number of hydrogen-bond acceptors (Lipinski definition) is 5. The highest BCUT2D eigenvalue weighted by molar-refractivity contribution is 5.91. The summed E-state index contributed by atoms with van der Waals surface area (Å²) >= 11 is 0. The number of phenolic OH excluding ortho intramolecular Hbond substituents is 1. The number of rotatable bonds is 6. The molecule has 1 atom stereocenters. The molecule has 7 nitrogen and oxygen atoms in total. The second-order valence-electron chi connectivity index (χ2n) is 3.96. The molecular weight excluding hydrogens is 254 g/mol. The molecule has 0 aliphatic rings. The third-order valence-corrected chi connectivity index (χ3v) is 2.65. The number of aromatic hydroxyl groups is 1. The average Bonchev–Trinajstić information content (AvgIpc) is 2.34. The van der Waals surface area contributed by atoms with Crippen LogP contribution in [-0.2, 0) is 4.79 Å². The first kappa shape index (κ1) is 14.8. The summed E-state index contributed by atoms with van der Waals surface area (Å²) in [7, 11) is 1.28. The smallest absolute Gasteiger partial charge is 0.339 e. The predicted octanol–water partition coefficient (Wildman–Crippen LogP) is 0.964. The van der Waals surface area contributed by atoms with Gasteiger partial charge in [-0.1, -0.05) is 0 Å². The van der Waals surface area contributed by atoms with Crippen molar-refractivity contribution in [1.29, 1.82) is 0 Å². The topological polar surface area (TPSA) is 130 Å². The SMILES string of the molecule is COc1cc(O)c(C(N)CCC(=O)O)cc1C(=O)O. The summed E-state index contributed by atoms with van der Waals surface area (Å²) in [5.74, 6) is -2.44. The van der Waals surface area contributed by atoms with Crippen molar-refractivity contribution in [2.24, 2.45) is 5.73 Å². The van der Waals surface area contributed by atoms with Gasteiger partial charge in [0.05, 0.1) is 7.11 Å². The first-order valence-electron chi connectivity index (χ1n) is 5.48. The van der Waals surface area contributed by atoms with Gasteiger partial charge in [0, 0.05) is 24.1 Å². The Morgan fingerprint density at radius 1 is 1.37 bits per heavy atom. The van der Waals surface area contributed by atoms with E-state index in [-0.39, 0.29) is 35.5 Å². The number of carboxylic acids is 2.